The molecule has 0 amide bonds. The summed E-state index contributed by atoms with van der Waals surface area (Å²) < 4.78 is 5.00. The number of hydrogen-bond donors (Lipinski definition) is 2. The van der Waals surface area contributed by atoms with Crippen LogP contribution in [0.1, 0.15) is 51.9 Å². The average Bonchev–Trinajstić information content (AvgIpc) is 2.37. The van der Waals surface area contributed by atoms with Gasteiger partial charge in [-0.05, 0) is 50.2 Å². The van der Waals surface area contributed by atoms with Crippen LogP contribution in [0.15, 0.2) is 0 Å². The summed E-state index contributed by atoms with van der Waals surface area (Å²) in [5.74, 6) is 0.955. The summed E-state index contributed by atoms with van der Waals surface area (Å²) in [5.41, 5.74) is 0. The molecule has 1 rings (SSSR count). The maximum atomic E-state index is 5.30. The van der Waals surface area contributed by atoms with Crippen LogP contribution in [0.4, 0.5) is 0 Å². The van der Waals surface area contributed by atoms with E-state index >= 15 is 0 Å². The minimum absolute atomic E-state index is 0.584. The molecule has 0 spiro atoms. The van der Waals surface area contributed by atoms with Gasteiger partial charge in [0.1, 0.15) is 0 Å². The zero-order chi connectivity index (χ0) is 13.2. The minimum Gasteiger partial charge on any atom is -0.385 e. The normalized spacial score (nSPS) is 23.7. The van der Waals surface area contributed by atoms with Gasteiger partial charge in [0, 0.05) is 26.3 Å². The molecule has 1 aliphatic rings. The van der Waals surface area contributed by atoms with Crippen LogP contribution in [0, 0.1) is 5.92 Å². The third kappa shape index (κ3) is 6.55. The smallest absolute Gasteiger partial charge is 0.166 e. The lowest BCUT2D eigenvalue weighted by atomic mass is 9.83. The van der Waals surface area contributed by atoms with E-state index in [-0.39, 0.29) is 0 Å². The average molecular weight is 272 g/mol. The molecule has 0 unspecified atom stereocenters. The molecule has 106 valence electrons. The second kappa shape index (κ2) is 9.56. The number of hydrogen-bond acceptors (Lipinski definition) is 2. The van der Waals surface area contributed by atoms with E-state index in [4.69, 9.17) is 17.0 Å². The molecule has 0 bridgehead atoms. The van der Waals surface area contributed by atoms with E-state index in [0.717, 1.165) is 30.6 Å². The van der Waals surface area contributed by atoms with Gasteiger partial charge in [-0.15, -0.1) is 0 Å². The third-order valence-electron chi connectivity index (χ3n) is 3.69. The lowest BCUT2D eigenvalue weighted by Gasteiger charge is -2.29. The number of rotatable bonds is 7. The zero-order valence-electron chi connectivity index (χ0n) is 11.8. The Labute approximate surface area is 117 Å². The van der Waals surface area contributed by atoms with Crippen molar-refractivity contribution < 1.29 is 4.74 Å². The highest BCUT2D eigenvalue weighted by Crippen LogP contribution is 2.27. The molecular weight excluding hydrogens is 244 g/mol. The molecule has 18 heavy (non-hydrogen) atoms. The highest BCUT2D eigenvalue weighted by atomic mass is 32.1. The van der Waals surface area contributed by atoms with Gasteiger partial charge in [0.05, 0.1) is 0 Å². The van der Waals surface area contributed by atoms with E-state index in [9.17, 15) is 0 Å². The van der Waals surface area contributed by atoms with E-state index in [0.29, 0.717) is 6.04 Å². The van der Waals surface area contributed by atoms with Crippen molar-refractivity contribution in [2.45, 2.75) is 57.9 Å². The van der Waals surface area contributed by atoms with Crippen molar-refractivity contribution in [1.29, 1.82) is 0 Å². The predicted octanol–water partition coefficient (Wildman–Crippen LogP) is 2.85. The number of methoxy groups -OCH3 is 1. The second-order valence-corrected chi connectivity index (χ2v) is 5.66. The number of ether oxygens (including phenoxy) is 1. The maximum Gasteiger partial charge on any atom is 0.166 e. The van der Waals surface area contributed by atoms with Gasteiger partial charge in [-0.1, -0.05) is 19.8 Å². The van der Waals surface area contributed by atoms with Crippen LogP contribution in [0.5, 0.6) is 0 Å². The fourth-order valence-corrected chi connectivity index (χ4v) is 2.93. The molecule has 0 atom stereocenters. The van der Waals surface area contributed by atoms with Crippen LogP contribution in [-0.2, 0) is 4.74 Å². The van der Waals surface area contributed by atoms with Crippen molar-refractivity contribution in [3.8, 4) is 0 Å². The number of nitrogens with one attached hydrogen (secondary N) is 2. The molecule has 2 N–H and O–H groups in total. The van der Waals surface area contributed by atoms with Crippen molar-refractivity contribution >= 4 is 17.3 Å². The summed E-state index contributed by atoms with van der Waals surface area (Å²) in [6, 6.07) is 0.584. The second-order valence-electron chi connectivity index (χ2n) is 5.25. The van der Waals surface area contributed by atoms with Gasteiger partial charge in [0.15, 0.2) is 5.11 Å². The standard InChI is InChI=1S/C14H28N2OS/c1-3-5-12-6-8-13(9-7-12)16-14(18)15-10-4-11-17-2/h12-13H,3-11H2,1-2H3,(H2,15,16,18). The molecule has 0 aromatic heterocycles. The monoisotopic (exact) mass is 272 g/mol. The molecule has 1 fully saturated rings. The highest BCUT2D eigenvalue weighted by molar-refractivity contribution is 7.80. The summed E-state index contributed by atoms with van der Waals surface area (Å²) >= 11 is 5.30. The van der Waals surface area contributed by atoms with Crippen molar-refractivity contribution in [2.24, 2.45) is 5.92 Å². The summed E-state index contributed by atoms with van der Waals surface area (Å²) in [7, 11) is 1.73. The first-order chi connectivity index (χ1) is 8.76. The summed E-state index contributed by atoms with van der Waals surface area (Å²) in [5, 5.41) is 7.49. The molecule has 1 saturated carbocycles. The Balaban J connectivity index is 2.07. The van der Waals surface area contributed by atoms with Crippen LogP contribution in [0.2, 0.25) is 0 Å². The minimum atomic E-state index is 0.584. The zero-order valence-corrected chi connectivity index (χ0v) is 12.7. The fourth-order valence-electron chi connectivity index (χ4n) is 2.66. The van der Waals surface area contributed by atoms with Crippen LogP contribution < -0.4 is 10.6 Å². The quantitative estimate of drug-likeness (QED) is 0.551. The van der Waals surface area contributed by atoms with Crippen LogP contribution in [0.3, 0.4) is 0 Å². The van der Waals surface area contributed by atoms with Gasteiger partial charge >= 0.3 is 0 Å². The Morgan fingerprint density at radius 2 is 2.00 bits per heavy atom. The number of thiocarbonyl (C=S) groups is 1. The Morgan fingerprint density at radius 1 is 1.28 bits per heavy atom. The lowest BCUT2D eigenvalue weighted by molar-refractivity contribution is 0.195. The van der Waals surface area contributed by atoms with E-state index in [2.05, 4.69) is 17.6 Å². The first-order valence-electron chi connectivity index (χ1n) is 7.29. The summed E-state index contributed by atoms with van der Waals surface area (Å²) in [4.78, 5) is 0. The summed E-state index contributed by atoms with van der Waals surface area (Å²) in [6.07, 6.45) is 8.97. The Morgan fingerprint density at radius 3 is 2.61 bits per heavy atom. The topological polar surface area (TPSA) is 33.3 Å². The SMILES string of the molecule is CCCC1CCC(NC(=S)NCCCOC)CC1. The van der Waals surface area contributed by atoms with Gasteiger partial charge in [-0.25, -0.2) is 0 Å². The van der Waals surface area contributed by atoms with Crippen molar-refractivity contribution in [3.05, 3.63) is 0 Å². The van der Waals surface area contributed by atoms with Crippen LogP contribution >= 0.6 is 12.2 Å². The van der Waals surface area contributed by atoms with Crippen LogP contribution in [-0.4, -0.2) is 31.4 Å². The first kappa shape index (κ1) is 15.7. The Hall–Kier alpha value is -0.350. The first-order valence-corrected chi connectivity index (χ1v) is 7.70. The largest absolute Gasteiger partial charge is 0.385 e. The molecule has 0 aromatic carbocycles. The van der Waals surface area contributed by atoms with E-state index in [1.54, 1.807) is 7.11 Å². The van der Waals surface area contributed by atoms with Crippen molar-refractivity contribution in [2.75, 3.05) is 20.3 Å². The molecule has 1 aliphatic carbocycles. The Bertz CT molecular complexity index is 228. The van der Waals surface area contributed by atoms with Gasteiger partial charge in [-0.3, -0.25) is 0 Å². The molecule has 0 aromatic rings. The molecule has 0 aliphatic heterocycles. The van der Waals surface area contributed by atoms with Gasteiger partial charge < -0.3 is 15.4 Å². The maximum absolute atomic E-state index is 5.30. The lowest BCUT2D eigenvalue weighted by Crippen LogP contribution is -2.43. The van der Waals surface area contributed by atoms with E-state index < -0.39 is 0 Å². The van der Waals surface area contributed by atoms with E-state index in [1.165, 1.54) is 38.5 Å². The molecular formula is C14H28N2OS. The predicted molar refractivity (Wildman–Crippen MR) is 80.9 cm³/mol. The van der Waals surface area contributed by atoms with Crippen molar-refractivity contribution in [3.63, 3.8) is 0 Å². The summed E-state index contributed by atoms with van der Waals surface area (Å²) in [6.45, 7) is 3.96. The molecule has 3 nitrogen and oxygen atoms in total. The third-order valence-corrected chi connectivity index (χ3v) is 3.95. The molecule has 0 radical (unpaired) electrons. The Kier molecular flexibility index (Phi) is 8.34. The fraction of sp³-hybridized carbons (Fsp3) is 0.929. The molecule has 0 heterocycles. The van der Waals surface area contributed by atoms with Gasteiger partial charge in [0.2, 0.25) is 0 Å². The van der Waals surface area contributed by atoms with E-state index in [1.807, 2.05) is 0 Å². The van der Waals surface area contributed by atoms with Crippen molar-refractivity contribution in [1.82, 2.24) is 10.6 Å². The molecule has 4 heteroatoms. The van der Waals surface area contributed by atoms with Gasteiger partial charge in [-0.2, -0.15) is 0 Å². The molecule has 0 saturated heterocycles. The van der Waals surface area contributed by atoms with Crippen LogP contribution in [0.25, 0.3) is 0 Å². The van der Waals surface area contributed by atoms with Gasteiger partial charge in [0.25, 0.3) is 0 Å². The highest BCUT2D eigenvalue weighted by Gasteiger charge is 2.20.